The number of halogens is 3. The van der Waals surface area contributed by atoms with Crippen LogP contribution in [0, 0.1) is 0 Å². The van der Waals surface area contributed by atoms with E-state index in [1.807, 2.05) is 6.07 Å². The molecule has 114 valence electrons. The molecule has 1 fully saturated rings. The number of alkyl halides is 3. The van der Waals surface area contributed by atoms with Gasteiger partial charge in [-0.1, -0.05) is 6.92 Å². The summed E-state index contributed by atoms with van der Waals surface area (Å²) in [6.45, 7) is 2.97. The number of nitrogens with zero attached hydrogens (tertiary/aromatic N) is 1. The molecule has 20 heavy (non-hydrogen) atoms. The average Bonchev–Trinajstić information content (AvgIpc) is 3.10. The van der Waals surface area contributed by atoms with E-state index in [-0.39, 0.29) is 12.6 Å². The molecular formula is C14H21F3N2O. The Bertz CT molecular complexity index is 413. The van der Waals surface area contributed by atoms with Crippen LogP contribution in [0.25, 0.3) is 0 Å². The van der Waals surface area contributed by atoms with E-state index in [1.54, 1.807) is 6.07 Å². The maximum atomic E-state index is 12.5. The molecule has 1 aromatic heterocycles. The molecule has 0 bridgehead atoms. The van der Waals surface area contributed by atoms with E-state index in [1.165, 1.54) is 4.90 Å². The lowest BCUT2D eigenvalue weighted by atomic mass is 10.3. The summed E-state index contributed by atoms with van der Waals surface area (Å²) in [5, 5.41) is 3.20. The molecule has 1 saturated carbocycles. The smallest absolute Gasteiger partial charge is 0.401 e. The van der Waals surface area contributed by atoms with Crippen molar-refractivity contribution >= 4 is 0 Å². The normalized spacial score (nSPS) is 16.1. The second-order valence-corrected chi connectivity index (χ2v) is 5.30. The van der Waals surface area contributed by atoms with Crippen molar-refractivity contribution in [3.05, 3.63) is 23.7 Å². The van der Waals surface area contributed by atoms with Crippen LogP contribution in [-0.4, -0.2) is 30.2 Å². The predicted molar refractivity (Wildman–Crippen MR) is 70.2 cm³/mol. The first kappa shape index (κ1) is 15.4. The van der Waals surface area contributed by atoms with Crippen molar-refractivity contribution in [1.82, 2.24) is 10.2 Å². The molecular weight excluding hydrogens is 269 g/mol. The largest absolute Gasteiger partial charge is 0.463 e. The van der Waals surface area contributed by atoms with E-state index >= 15 is 0 Å². The van der Waals surface area contributed by atoms with E-state index < -0.39 is 12.7 Å². The number of hydrogen-bond donors (Lipinski definition) is 1. The van der Waals surface area contributed by atoms with Gasteiger partial charge >= 0.3 is 6.18 Å². The Balaban J connectivity index is 1.87. The van der Waals surface area contributed by atoms with Gasteiger partial charge in [-0.2, -0.15) is 13.2 Å². The summed E-state index contributed by atoms with van der Waals surface area (Å²) in [4.78, 5) is 1.46. The highest BCUT2D eigenvalue weighted by atomic mass is 19.4. The van der Waals surface area contributed by atoms with Crippen LogP contribution in [-0.2, 0) is 13.1 Å². The summed E-state index contributed by atoms with van der Waals surface area (Å²) in [5.41, 5.74) is 0. The lowest BCUT2D eigenvalue weighted by Crippen LogP contribution is -2.35. The molecule has 0 amide bonds. The molecule has 1 aliphatic rings. The average molecular weight is 290 g/mol. The maximum Gasteiger partial charge on any atom is 0.401 e. The number of hydrogen-bond acceptors (Lipinski definition) is 3. The molecule has 1 aliphatic carbocycles. The second kappa shape index (κ2) is 6.63. The van der Waals surface area contributed by atoms with Gasteiger partial charge in [-0.05, 0) is 37.9 Å². The zero-order valence-corrected chi connectivity index (χ0v) is 11.7. The highest BCUT2D eigenvalue weighted by molar-refractivity contribution is 5.07. The topological polar surface area (TPSA) is 28.4 Å². The summed E-state index contributed by atoms with van der Waals surface area (Å²) in [5.74, 6) is 1.38. The summed E-state index contributed by atoms with van der Waals surface area (Å²) in [6.07, 6.45) is -1.42. The fraction of sp³-hybridized carbons (Fsp3) is 0.714. The minimum absolute atomic E-state index is 0.0587. The van der Waals surface area contributed by atoms with E-state index in [4.69, 9.17) is 4.42 Å². The van der Waals surface area contributed by atoms with Crippen molar-refractivity contribution in [2.45, 2.75) is 51.5 Å². The molecule has 3 nitrogen and oxygen atoms in total. The van der Waals surface area contributed by atoms with Crippen molar-refractivity contribution in [2.24, 2.45) is 0 Å². The lowest BCUT2D eigenvalue weighted by molar-refractivity contribution is -0.148. The van der Waals surface area contributed by atoms with Gasteiger partial charge in [0.2, 0.25) is 0 Å². The summed E-state index contributed by atoms with van der Waals surface area (Å²) in [7, 11) is 0. The second-order valence-electron chi connectivity index (χ2n) is 5.30. The van der Waals surface area contributed by atoms with E-state index in [9.17, 15) is 13.2 Å². The van der Waals surface area contributed by atoms with Crippen molar-refractivity contribution < 1.29 is 17.6 Å². The van der Waals surface area contributed by atoms with Crippen LogP contribution in [0.15, 0.2) is 16.5 Å². The molecule has 1 aromatic rings. The van der Waals surface area contributed by atoms with Gasteiger partial charge < -0.3 is 9.73 Å². The molecule has 0 spiro atoms. The first-order valence-electron chi connectivity index (χ1n) is 7.07. The van der Waals surface area contributed by atoms with Crippen LogP contribution in [0.2, 0.25) is 0 Å². The first-order chi connectivity index (χ1) is 9.48. The predicted octanol–water partition coefficient (Wildman–Crippen LogP) is 3.31. The Morgan fingerprint density at radius 3 is 2.60 bits per heavy atom. The van der Waals surface area contributed by atoms with Crippen molar-refractivity contribution in [3.63, 3.8) is 0 Å². The zero-order chi connectivity index (χ0) is 14.6. The molecule has 0 aliphatic heterocycles. The quantitative estimate of drug-likeness (QED) is 0.745. The van der Waals surface area contributed by atoms with Crippen LogP contribution >= 0.6 is 0 Å². The third-order valence-corrected chi connectivity index (χ3v) is 3.25. The molecule has 2 rings (SSSR count). The highest BCUT2D eigenvalue weighted by Gasteiger charge is 2.38. The van der Waals surface area contributed by atoms with E-state index in [2.05, 4.69) is 12.2 Å². The number of furan rings is 1. The van der Waals surface area contributed by atoms with Gasteiger partial charge in [0.15, 0.2) is 0 Å². The van der Waals surface area contributed by atoms with Crippen molar-refractivity contribution in [3.8, 4) is 0 Å². The minimum Gasteiger partial charge on any atom is -0.463 e. The van der Waals surface area contributed by atoms with Gasteiger partial charge in [0.05, 0.1) is 19.6 Å². The molecule has 1 heterocycles. The van der Waals surface area contributed by atoms with Crippen LogP contribution in [0.1, 0.15) is 37.7 Å². The zero-order valence-electron chi connectivity index (χ0n) is 11.7. The van der Waals surface area contributed by atoms with Gasteiger partial charge in [0.1, 0.15) is 11.5 Å². The third-order valence-electron chi connectivity index (χ3n) is 3.25. The van der Waals surface area contributed by atoms with Crippen LogP contribution in [0.4, 0.5) is 13.2 Å². The first-order valence-corrected chi connectivity index (χ1v) is 7.07. The monoisotopic (exact) mass is 290 g/mol. The molecule has 0 radical (unpaired) electrons. The summed E-state index contributed by atoms with van der Waals surface area (Å²) in [6, 6.07) is 3.66. The Kier molecular flexibility index (Phi) is 5.10. The highest BCUT2D eigenvalue weighted by Crippen LogP contribution is 2.31. The van der Waals surface area contributed by atoms with Crippen LogP contribution in [0.3, 0.4) is 0 Å². The Hall–Kier alpha value is -1.01. The van der Waals surface area contributed by atoms with Gasteiger partial charge in [0.25, 0.3) is 0 Å². The van der Waals surface area contributed by atoms with Crippen molar-refractivity contribution in [2.75, 3.05) is 13.1 Å². The lowest BCUT2D eigenvalue weighted by Gasteiger charge is -2.22. The standard InChI is InChI=1S/C14H21F3N2O/c1-2-7-18-8-12-5-6-13(20-12)9-19(11-3-4-11)10-14(15,16)17/h5-6,11,18H,2-4,7-10H2,1H3. The molecule has 0 aromatic carbocycles. The summed E-state index contributed by atoms with van der Waals surface area (Å²) >= 11 is 0. The van der Waals surface area contributed by atoms with E-state index in [0.717, 1.165) is 31.6 Å². The number of rotatable bonds is 8. The molecule has 6 heteroatoms. The Morgan fingerprint density at radius 2 is 2.00 bits per heavy atom. The van der Waals surface area contributed by atoms with Crippen LogP contribution < -0.4 is 5.32 Å². The maximum absolute atomic E-state index is 12.5. The third kappa shape index (κ3) is 5.17. The fourth-order valence-electron chi connectivity index (χ4n) is 2.17. The number of nitrogens with one attached hydrogen (secondary N) is 1. The van der Waals surface area contributed by atoms with Gasteiger partial charge in [0, 0.05) is 6.04 Å². The SMILES string of the molecule is CCCNCc1ccc(CN(CC(F)(F)F)C2CC2)o1. The van der Waals surface area contributed by atoms with Gasteiger partial charge in [-0.15, -0.1) is 0 Å². The van der Waals surface area contributed by atoms with Crippen molar-refractivity contribution in [1.29, 1.82) is 0 Å². The minimum atomic E-state index is -4.15. The Morgan fingerprint density at radius 1 is 1.30 bits per heavy atom. The van der Waals surface area contributed by atoms with Gasteiger partial charge in [-0.25, -0.2) is 0 Å². The van der Waals surface area contributed by atoms with Crippen LogP contribution in [0.5, 0.6) is 0 Å². The molecule has 0 unspecified atom stereocenters. The molecule has 0 saturated heterocycles. The fourth-order valence-corrected chi connectivity index (χ4v) is 2.17. The summed E-state index contributed by atoms with van der Waals surface area (Å²) < 4.78 is 43.2. The Labute approximate surface area is 117 Å². The molecule has 1 N–H and O–H groups in total. The van der Waals surface area contributed by atoms with Gasteiger partial charge in [-0.3, -0.25) is 4.90 Å². The molecule has 0 atom stereocenters. The van der Waals surface area contributed by atoms with E-state index in [0.29, 0.717) is 12.3 Å².